The minimum atomic E-state index is -0.459. The van der Waals surface area contributed by atoms with E-state index in [-0.39, 0.29) is 19.0 Å². The Bertz CT molecular complexity index is 731. The summed E-state index contributed by atoms with van der Waals surface area (Å²) in [6, 6.07) is 5.58. The number of hydroxylamine groups is 2. The second-order valence-corrected chi connectivity index (χ2v) is 6.08. The molecule has 1 atom stereocenters. The lowest BCUT2D eigenvalue weighted by atomic mass is 10.0. The normalized spacial score (nSPS) is 12.0. The van der Waals surface area contributed by atoms with Crippen molar-refractivity contribution in [1.82, 2.24) is 20.3 Å². The third kappa shape index (κ3) is 5.45. The van der Waals surface area contributed by atoms with Crippen molar-refractivity contribution in [2.24, 2.45) is 5.92 Å². The average molecular weight is 362 g/mol. The number of aromatic amines is 1. The van der Waals surface area contributed by atoms with E-state index < -0.39 is 5.92 Å². The van der Waals surface area contributed by atoms with Gasteiger partial charge in [0.05, 0.1) is 36.6 Å². The van der Waals surface area contributed by atoms with Crippen LogP contribution in [0, 0.1) is 5.92 Å². The topological polar surface area (TPSA) is 108 Å². The third-order valence-corrected chi connectivity index (χ3v) is 4.05. The fraction of sp³-hybridized carbons (Fsp3) is 0.500. The van der Waals surface area contributed by atoms with Crippen LogP contribution in [0.5, 0.6) is 5.75 Å². The summed E-state index contributed by atoms with van der Waals surface area (Å²) in [5, 5.41) is 12.7. The minimum absolute atomic E-state index is 0.0207. The van der Waals surface area contributed by atoms with Gasteiger partial charge in [-0.2, -0.15) is 0 Å². The first-order valence-electron chi connectivity index (χ1n) is 8.87. The monoisotopic (exact) mass is 362 g/mol. The summed E-state index contributed by atoms with van der Waals surface area (Å²) < 4.78 is 5.46. The van der Waals surface area contributed by atoms with Crippen LogP contribution in [0.1, 0.15) is 38.9 Å². The molecule has 2 rings (SSSR count). The molecule has 0 radical (unpaired) electrons. The van der Waals surface area contributed by atoms with E-state index in [2.05, 4.69) is 15.3 Å². The van der Waals surface area contributed by atoms with Crippen LogP contribution in [0.25, 0.3) is 11.0 Å². The number of H-pyrrole nitrogens is 1. The van der Waals surface area contributed by atoms with Crippen molar-refractivity contribution in [1.29, 1.82) is 0 Å². The number of unbranched alkanes of at least 4 members (excludes halogenated alkanes) is 1. The first-order valence-corrected chi connectivity index (χ1v) is 8.87. The summed E-state index contributed by atoms with van der Waals surface area (Å²) in [4.78, 5) is 30.6. The van der Waals surface area contributed by atoms with Crippen molar-refractivity contribution in [3.8, 4) is 5.75 Å². The molecule has 0 spiro atoms. The molecule has 2 aromatic rings. The zero-order valence-electron chi connectivity index (χ0n) is 15.2. The van der Waals surface area contributed by atoms with Gasteiger partial charge >= 0.3 is 0 Å². The van der Waals surface area contributed by atoms with Crippen LogP contribution in [0.3, 0.4) is 0 Å². The van der Waals surface area contributed by atoms with Crippen molar-refractivity contribution in [2.45, 2.75) is 39.7 Å². The summed E-state index contributed by atoms with van der Waals surface area (Å²) in [6.45, 7) is 4.76. The Labute approximate surface area is 152 Å². The van der Waals surface area contributed by atoms with Gasteiger partial charge in [0.2, 0.25) is 12.3 Å². The SMILES string of the molecule is CCCCC(CN(O)C=O)C(=O)NCc1nc2ccc(OCC)cc2[nH]1. The highest BCUT2D eigenvalue weighted by molar-refractivity contribution is 5.79. The Morgan fingerprint density at radius 2 is 2.27 bits per heavy atom. The van der Waals surface area contributed by atoms with Gasteiger partial charge in [0.1, 0.15) is 11.6 Å². The predicted octanol–water partition coefficient (Wildman–Crippen LogP) is 2.23. The molecule has 0 fully saturated rings. The number of carbonyl (C=O) groups excluding carboxylic acids is 2. The zero-order valence-corrected chi connectivity index (χ0v) is 15.2. The fourth-order valence-corrected chi connectivity index (χ4v) is 2.72. The molecule has 0 aliphatic carbocycles. The van der Waals surface area contributed by atoms with E-state index in [0.717, 1.165) is 29.6 Å². The molecular weight excluding hydrogens is 336 g/mol. The van der Waals surface area contributed by atoms with E-state index in [0.29, 0.717) is 30.3 Å². The van der Waals surface area contributed by atoms with Crippen LogP contribution in [-0.2, 0) is 16.1 Å². The molecule has 8 heteroatoms. The zero-order chi connectivity index (χ0) is 18.9. The first kappa shape index (κ1) is 19.7. The lowest BCUT2D eigenvalue weighted by Crippen LogP contribution is -2.37. The van der Waals surface area contributed by atoms with Crippen LogP contribution in [0.15, 0.2) is 18.2 Å². The van der Waals surface area contributed by atoms with Crippen molar-refractivity contribution in [2.75, 3.05) is 13.2 Å². The predicted molar refractivity (Wildman–Crippen MR) is 96.7 cm³/mol. The second kappa shape index (κ2) is 9.76. The van der Waals surface area contributed by atoms with E-state index in [9.17, 15) is 14.8 Å². The summed E-state index contributed by atoms with van der Waals surface area (Å²) in [6.07, 6.45) is 2.68. The standard InChI is InChI=1S/C18H26N4O4/c1-3-5-6-13(11-22(25)12-23)18(24)19-10-17-20-15-8-7-14(26-4-2)9-16(15)21-17/h7-9,12-13,25H,3-6,10-11H2,1-2H3,(H,19,24)(H,20,21). The Hall–Kier alpha value is -2.61. The van der Waals surface area contributed by atoms with Gasteiger partial charge in [-0.25, -0.2) is 10.0 Å². The van der Waals surface area contributed by atoms with Crippen molar-refractivity contribution < 1.29 is 19.5 Å². The molecule has 1 aromatic heterocycles. The quantitative estimate of drug-likeness (QED) is 0.323. The number of ether oxygens (including phenoxy) is 1. The number of hydrogen-bond donors (Lipinski definition) is 3. The van der Waals surface area contributed by atoms with E-state index in [4.69, 9.17) is 4.74 Å². The number of hydrogen-bond acceptors (Lipinski definition) is 5. The third-order valence-electron chi connectivity index (χ3n) is 4.05. The molecule has 0 saturated heterocycles. The maximum absolute atomic E-state index is 12.4. The minimum Gasteiger partial charge on any atom is -0.494 e. The van der Waals surface area contributed by atoms with Gasteiger partial charge in [0, 0.05) is 6.07 Å². The summed E-state index contributed by atoms with van der Waals surface area (Å²) >= 11 is 0. The van der Waals surface area contributed by atoms with Crippen LogP contribution < -0.4 is 10.1 Å². The molecule has 0 aliphatic heterocycles. The molecule has 0 saturated carbocycles. The number of imidazole rings is 1. The molecule has 2 amide bonds. The van der Waals surface area contributed by atoms with E-state index >= 15 is 0 Å². The maximum Gasteiger partial charge on any atom is 0.233 e. The Balaban J connectivity index is 1.99. The summed E-state index contributed by atoms with van der Waals surface area (Å²) in [5.41, 5.74) is 1.63. The first-order chi connectivity index (χ1) is 12.6. The van der Waals surface area contributed by atoms with E-state index in [1.165, 1.54) is 0 Å². The van der Waals surface area contributed by atoms with Gasteiger partial charge in [-0.1, -0.05) is 19.8 Å². The van der Waals surface area contributed by atoms with Crippen molar-refractivity contribution >= 4 is 23.4 Å². The molecular formula is C18H26N4O4. The van der Waals surface area contributed by atoms with Crippen LogP contribution in [-0.4, -0.2) is 45.7 Å². The highest BCUT2D eigenvalue weighted by Crippen LogP contribution is 2.19. The molecule has 0 bridgehead atoms. The number of benzene rings is 1. The van der Waals surface area contributed by atoms with Crippen molar-refractivity contribution in [3.63, 3.8) is 0 Å². The molecule has 142 valence electrons. The summed E-state index contributed by atoms with van der Waals surface area (Å²) in [5.74, 6) is 0.720. The number of carbonyl (C=O) groups is 2. The number of nitrogens with one attached hydrogen (secondary N) is 2. The lowest BCUT2D eigenvalue weighted by Gasteiger charge is -2.19. The average Bonchev–Trinajstić information content (AvgIpc) is 3.05. The maximum atomic E-state index is 12.4. The van der Waals surface area contributed by atoms with Crippen LogP contribution >= 0.6 is 0 Å². The molecule has 3 N–H and O–H groups in total. The number of amides is 2. The Kier molecular flexibility index (Phi) is 7.40. The molecule has 0 aliphatic rings. The van der Waals surface area contributed by atoms with Gasteiger partial charge in [-0.15, -0.1) is 0 Å². The van der Waals surface area contributed by atoms with Gasteiger partial charge in [-0.05, 0) is 25.5 Å². The van der Waals surface area contributed by atoms with Crippen LogP contribution in [0.2, 0.25) is 0 Å². The lowest BCUT2D eigenvalue weighted by molar-refractivity contribution is -0.154. The van der Waals surface area contributed by atoms with Gasteiger partial charge in [0.15, 0.2) is 0 Å². The molecule has 1 unspecified atom stereocenters. The smallest absolute Gasteiger partial charge is 0.233 e. The van der Waals surface area contributed by atoms with Crippen molar-refractivity contribution in [3.05, 3.63) is 24.0 Å². The summed E-state index contributed by atoms with van der Waals surface area (Å²) in [7, 11) is 0. The number of rotatable bonds is 11. The molecule has 8 nitrogen and oxygen atoms in total. The highest BCUT2D eigenvalue weighted by Gasteiger charge is 2.20. The van der Waals surface area contributed by atoms with E-state index in [1.807, 2.05) is 32.0 Å². The molecule has 1 heterocycles. The Morgan fingerprint density at radius 3 is 2.96 bits per heavy atom. The largest absolute Gasteiger partial charge is 0.494 e. The van der Waals surface area contributed by atoms with Crippen LogP contribution in [0.4, 0.5) is 0 Å². The fourth-order valence-electron chi connectivity index (χ4n) is 2.72. The number of fused-ring (bicyclic) bond motifs is 1. The molecule has 26 heavy (non-hydrogen) atoms. The Morgan fingerprint density at radius 1 is 1.46 bits per heavy atom. The van der Waals surface area contributed by atoms with Gasteiger partial charge < -0.3 is 15.0 Å². The molecule has 1 aromatic carbocycles. The number of nitrogens with zero attached hydrogens (tertiary/aromatic N) is 2. The second-order valence-electron chi connectivity index (χ2n) is 6.08. The van der Waals surface area contributed by atoms with Gasteiger partial charge in [0.25, 0.3) is 0 Å². The van der Waals surface area contributed by atoms with Gasteiger partial charge in [-0.3, -0.25) is 14.8 Å². The highest BCUT2D eigenvalue weighted by atomic mass is 16.5. The number of aromatic nitrogens is 2. The van der Waals surface area contributed by atoms with E-state index in [1.54, 1.807) is 0 Å².